The molecule has 0 spiro atoms. The number of aliphatic imine (C=N–C) groups is 1. The number of hydrogen-bond donors (Lipinski definition) is 1. The van der Waals surface area contributed by atoms with Crippen molar-refractivity contribution in [1.82, 2.24) is 24.4 Å². The van der Waals surface area contributed by atoms with Gasteiger partial charge in [0.05, 0.1) is 18.4 Å². The molecule has 3 rings (SSSR count). The maximum atomic E-state index is 12.1. The van der Waals surface area contributed by atoms with Crippen molar-refractivity contribution in [2.24, 2.45) is 10.7 Å². The Bertz CT molecular complexity index is 807. The second-order valence-corrected chi connectivity index (χ2v) is 7.17. The van der Waals surface area contributed by atoms with Crippen LogP contribution in [-0.4, -0.2) is 68.2 Å². The summed E-state index contributed by atoms with van der Waals surface area (Å²) in [5, 5.41) is 4.24. The van der Waals surface area contributed by atoms with E-state index in [0.717, 1.165) is 11.3 Å². The summed E-state index contributed by atoms with van der Waals surface area (Å²) in [7, 11) is 0. The van der Waals surface area contributed by atoms with Crippen LogP contribution < -0.4 is 5.73 Å². The molecular formula is C17H26IN7O2. The molecule has 0 aromatic carbocycles. The van der Waals surface area contributed by atoms with Crippen LogP contribution in [0.1, 0.15) is 26.5 Å². The maximum Gasteiger partial charge on any atom is 0.410 e. The number of guanidine groups is 1. The zero-order valence-electron chi connectivity index (χ0n) is 15.8. The van der Waals surface area contributed by atoms with Gasteiger partial charge < -0.3 is 20.3 Å². The second kappa shape index (κ2) is 8.72. The first kappa shape index (κ1) is 21.2. The molecule has 0 unspecified atom stereocenters. The van der Waals surface area contributed by atoms with Crippen molar-refractivity contribution in [3.8, 4) is 0 Å². The van der Waals surface area contributed by atoms with E-state index in [1.165, 1.54) is 0 Å². The van der Waals surface area contributed by atoms with Crippen LogP contribution in [0, 0.1) is 0 Å². The minimum absolute atomic E-state index is 0. The summed E-state index contributed by atoms with van der Waals surface area (Å²) >= 11 is 0. The van der Waals surface area contributed by atoms with Gasteiger partial charge in [-0.15, -0.1) is 24.0 Å². The van der Waals surface area contributed by atoms with Gasteiger partial charge in [0.2, 0.25) is 0 Å². The number of halogens is 1. The fourth-order valence-corrected chi connectivity index (χ4v) is 2.71. The van der Waals surface area contributed by atoms with Crippen molar-refractivity contribution in [2.45, 2.75) is 32.9 Å². The highest BCUT2D eigenvalue weighted by Crippen LogP contribution is 2.12. The quantitative estimate of drug-likeness (QED) is 0.393. The summed E-state index contributed by atoms with van der Waals surface area (Å²) in [6.07, 6.45) is 3.15. The Morgan fingerprint density at radius 3 is 2.52 bits per heavy atom. The largest absolute Gasteiger partial charge is 0.444 e. The van der Waals surface area contributed by atoms with Gasteiger partial charge in [-0.05, 0) is 26.8 Å². The molecule has 1 aliphatic heterocycles. The Kier molecular flexibility index (Phi) is 6.84. The predicted molar refractivity (Wildman–Crippen MR) is 113 cm³/mol. The molecule has 1 aliphatic rings. The Morgan fingerprint density at radius 1 is 1.19 bits per heavy atom. The molecule has 1 amide bonds. The number of piperazine rings is 1. The van der Waals surface area contributed by atoms with Crippen LogP contribution in [0.4, 0.5) is 4.79 Å². The van der Waals surface area contributed by atoms with E-state index in [4.69, 9.17) is 10.5 Å². The number of nitrogens with zero attached hydrogens (tertiary/aromatic N) is 6. The molecule has 1 saturated heterocycles. The molecule has 2 N–H and O–H groups in total. The minimum Gasteiger partial charge on any atom is -0.444 e. The van der Waals surface area contributed by atoms with Gasteiger partial charge in [-0.25, -0.2) is 19.3 Å². The first-order valence-electron chi connectivity index (χ1n) is 8.64. The van der Waals surface area contributed by atoms with Gasteiger partial charge >= 0.3 is 6.09 Å². The zero-order chi connectivity index (χ0) is 18.7. The summed E-state index contributed by atoms with van der Waals surface area (Å²) in [5.41, 5.74) is 7.34. The molecular weight excluding hydrogens is 461 g/mol. The minimum atomic E-state index is -0.489. The lowest BCUT2D eigenvalue weighted by Crippen LogP contribution is -2.53. The summed E-state index contributed by atoms with van der Waals surface area (Å²) in [4.78, 5) is 24.5. The molecule has 2 aromatic rings. The number of amides is 1. The van der Waals surface area contributed by atoms with E-state index >= 15 is 0 Å². The lowest BCUT2D eigenvalue weighted by atomic mass is 10.2. The van der Waals surface area contributed by atoms with E-state index in [1.54, 1.807) is 21.8 Å². The first-order chi connectivity index (χ1) is 12.3. The fraction of sp³-hybridized carbons (Fsp3) is 0.529. The van der Waals surface area contributed by atoms with Crippen LogP contribution in [0.15, 0.2) is 29.5 Å². The Hall–Kier alpha value is -2.11. The van der Waals surface area contributed by atoms with E-state index in [0.29, 0.717) is 38.7 Å². The molecule has 9 nitrogen and oxygen atoms in total. The van der Waals surface area contributed by atoms with Crippen LogP contribution >= 0.6 is 24.0 Å². The van der Waals surface area contributed by atoms with Gasteiger partial charge in [0.15, 0.2) is 11.6 Å². The maximum absolute atomic E-state index is 12.1. The summed E-state index contributed by atoms with van der Waals surface area (Å²) < 4.78 is 7.15. The molecule has 3 heterocycles. The number of carbonyl (C=O) groups is 1. The zero-order valence-corrected chi connectivity index (χ0v) is 18.2. The molecule has 0 atom stereocenters. The van der Waals surface area contributed by atoms with E-state index in [9.17, 15) is 4.79 Å². The average Bonchev–Trinajstić information content (AvgIpc) is 3.07. The van der Waals surface area contributed by atoms with E-state index in [-0.39, 0.29) is 30.1 Å². The third kappa shape index (κ3) is 5.44. The topological polar surface area (TPSA) is 101 Å². The van der Waals surface area contributed by atoms with E-state index < -0.39 is 5.60 Å². The SMILES string of the molecule is CC(C)(C)OC(=O)N1CCN(C(N)=NCc2ccnc3ccnn23)CC1.I. The van der Waals surface area contributed by atoms with Crippen molar-refractivity contribution in [1.29, 1.82) is 0 Å². The molecule has 0 saturated carbocycles. The molecule has 0 aliphatic carbocycles. The smallest absolute Gasteiger partial charge is 0.410 e. The van der Waals surface area contributed by atoms with Gasteiger partial charge in [-0.2, -0.15) is 5.10 Å². The van der Waals surface area contributed by atoms with Crippen molar-refractivity contribution in [3.63, 3.8) is 0 Å². The lowest BCUT2D eigenvalue weighted by Gasteiger charge is -2.36. The number of ether oxygens (including phenoxy) is 1. The highest BCUT2D eigenvalue weighted by molar-refractivity contribution is 14.0. The van der Waals surface area contributed by atoms with Gasteiger partial charge in [0.25, 0.3) is 0 Å². The molecule has 2 aromatic heterocycles. The number of hydrogen-bond acceptors (Lipinski definition) is 5. The lowest BCUT2D eigenvalue weighted by molar-refractivity contribution is 0.0186. The Balaban J connectivity index is 0.00000261. The molecule has 0 bridgehead atoms. The van der Waals surface area contributed by atoms with Crippen LogP contribution in [0.3, 0.4) is 0 Å². The standard InChI is InChI=1S/C17H25N7O2.HI/c1-17(2,3)26-16(25)23-10-8-22(9-11-23)15(18)20-12-13-4-6-19-14-5-7-21-24(13)14;/h4-7H,8-12H2,1-3H3,(H2,18,20);1H. The third-order valence-electron chi connectivity index (χ3n) is 4.03. The van der Waals surface area contributed by atoms with Crippen LogP contribution in [0.25, 0.3) is 5.65 Å². The van der Waals surface area contributed by atoms with Crippen molar-refractivity contribution in [3.05, 3.63) is 30.2 Å². The molecule has 0 radical (unpaired) electrons. The highest BCUT2D eigenvalue weighted by Gasteiger charge is 2.26. The van der Waals surface area contributed by atoms with Crippen molar-refractivity contribution in [2.75, 3.05) is 26.2 Å². The van der Waals surface area contributed by atoms with E-state index in [1.807, 2.05) is 37.8 Å². The Morgan fingerprint density at radius 2 is 1.85 bits per heavy atom. The molecule has 27 heavy (non-hydrogen) atoms. The van der Waals surface area contributed by atoms with E-state index in [2.05, 4.69) is 15.1 Å². The first-order valence-corrected chi connectivity index (χ1v) is 8.64. The highest BCUT2D eigenvalue weighted by atomic mass is 127. The number of aromatic nitrogens is 3. The third-order valence-corrected chi connectivity index (χ3v) is 4.03. The summed E-state index contributed by atoms with van der Waals surface area (Å²) in [5.74, 6) is 0.464. The number of carbonyl (C=O) groups excluding carboxylic acids is 1. The Labute approximate surface area is 175 Å². The normalized spacial score (nSPS) is 15.6. The molecule has 148 valence electrons. The fourth-order valence-electron chi connectivity index (χ4n) is 2.71. The molecule has 1 fully saturated rings. The monoisotopic (exact) mass is 487 g/mol. The molecule has 10 heteroatoms. The van der Waals surface area contributed by atoms with Gasteiger partial charge in [0.1, 0.15) is 5.60 Å². The van der Waals surface area contributed by atoms with Crippen molar-refractivity contribution >= 4 is 41.7 Å². The summed E-state index contributed by atoms with van der Waals surface area (Å²) in [6.45, 7) is 8.38. The number of fused-ring (bicyclic) bond motifs is 1. The van der Waals surface area contributed by atoms with Gasteiger partial charge in [-0.1, -0.05) is 0 Å². The van der Waals surface area contributed by atoms with Crippen LogP contribution in [0.5, 0.6) is 0 Å². The average molecular weight is 487 g/mol. The second-order valence-electron chi connectivity index (χ2n) is 7.17. The number of nitrogens with two attached hydrogens (primary N) is 1. The predicted octanol–water partition coefficient (Wildman–Crippen LogP) is 1.71. The van der Waals surface area contributed by atoms with Crippen molar-refractivity contribution < 1.29 is 9.53 Å². The van der Waals surface area contributed by atoms with Crippen LogP contribution in [-0.2, 0) is 11.3 Å². The van der Waals surface area contributed by atoms with Gasteiger partial charge in [0, 0.05) is 38.4 Å². The summed E-state index contributed by atoms with van der Waals surface area (Å²) in [6, 6.07) is 3.71. The number of rotatable bonds is 2. The van der Waals surface area contributed by atoms with Crippen LogP contribution in [0.2, 0.25) is 0 Å². The van der Waals surface area contributed by atoms with Gasteiger partial charge in [-0.3, -0.25) is 0 Å².